The lowest BCUT2D eigenvalue weighted by Gasteiger charge is -2.27. The van der Waals surface area contributed by atoms with E-state index in [1.807, 2.05) is 0 Å². The van der Waals surface area contributed by atoms with Gasteiger partial charge in [-0.25, -0.2) is 0 Å². The van der Waals surface area contributed by atoms with Crippen LogP contribution >= 0.6 is 0 Å². The molecule has 1 heterocycles. The van der Waals surface area contributed by atoms with Crippen molar-refractivity contribution >= 4 is 0 Å². The molecule has 1 aliphatic heterocycles. The summed E-state index contributed by atoms with van der Waals surface area (Å²) < 4.78 is 0. The monoisotopic (exact) mass is 258 g/mol. The molecule has 1 saturated carbocycles. The number of piperidine rings is 1. The highest BCUT2D eigenvalue weighted by molar-refractivity contribution is 5.27. The molecule has 2 heteroatoms. The van der Waals surface area contributed by atoms with Crippen LogP contribution in [-0.2, 0) is 13.1 Å². The molecule has 1 saturated heterocycles. The number of likely N-dealkylation sites (tertiary alicyclic amines) is 1. The molecule has 0 radical (unpaired) electrons. The van der Waals surface area contributed by atoms with E-state index in [9.17, 15) is 0 Å². The molecule has 2 nitrogen and oxygen atoms in total. The van der Waals surface area contributed by atoms with Crippen molar-refractivity contribution in [1.29, 1.82) is 0 Å². The maximum Gasteiger partial charge on any atom is 0.0240 e. The van der Waals surface area contributed by atoms with Crippen LogP contribution in [0.25, 0.3) is 0 Å². The number of nitrogens with zero attached hydrogens (tertiary/aromatic N) is 1. The van der Waals surface area contributed by atoms with Crippen molar-refractivity contribution in [3.63, 3.8) is 0 Å². The Kier molecular flexibility index (Phi) is 3.90. The molecule has 2 bridgehead atoms. The van der Waals surface area contributed by atoms with Gasteiger partial charge in [0.1, 0.15) is 0 Å². The number of nitrogens with one attached hydrogen (secondary N) is 1. The molecule has 104 valence electrons. The first kappa shape index (κ1) is 13.1. The highest BCUT2D eigenvalue weighted by atomic mass is 15.2. The van der Waals surface area contributed by atoms with E-state index in [1.54, 1.807) is 0 Å². The Balaban J connectivity index is 1.66. The van der Waals surface area contributed by atoms with Crippen LogP contribution in [0.2, 0.25) is 0 Å². The Morgan fingerprint density at radius 2 is 2.00 bits per heavy atom. The smallest absolute Gasteiger partial charge is 0.0240 e. The summed E-state index contributed by atoms with van der Waals surface area (Å²) >= 11 is 0. The average Bonchev–Trinajstić information content (AvgIpc) is 3.00. The van der Waals surface area contributed by atoms with Crippen LogP contribution in [-0.4, -0.2) is 23.5 Å². The second-order valence-corrected chi connectivity index (χ2v) is 6.57. The Labute approximate surface area is 117 Å². The van der Waals surface area contributed by atoms with Gasteiger partial charge in [0.2, 0.25) is 0 Å². The molecule has 3 rings (SSSR count). The SMILES string of the molecule is CC(C)NCc1ccccc1CN1CC2CCC1C2. The number of hydrogen-bond acceptors (Lipinski definition) is 2. The quantitative estimate of drug-likeness (QED) is 0.872. The first-order valence-electron chi connectivity index (χ1n) is 7.76. The van der Waals surface area contributed by atoms with E-state index >= 15 is 0 Å². The summed E-state index contributed by atoms with van der Waals surface area (Å²) in [5.41, 5.74) is 2.99. The number of fused-ring (bicyclic) bond motifs is 2. The first-order valence-corrected chi connectivity index (χ1v) is 7.76. The topological polar surface area (TPSA) is 15.3 Å². The van der Waals surface area contributed by atoms with Gasteiger partial charge in [-0.3, -0.25) is 4.90 Å². The predicted octanol–water partition coefficient (Wildman–Crippen LogP) is 3.17. The molecule has 2 unspecified atom stereocenters. The first-order chi connectivity index (χ1) is 9.22. The molecule has 1 N–H and O–H groups in total. The molecule has 2 atom stereocenters. The molecule has 2 aliphatic rings. The Morgan fingerprint density at radius 3 is 2.63 bits per heavy atom. The van der Waals surface area contributed by atoms with Gasteiger partial charge in [0.25, 0.3) is 0 Å². The second kappa shape index (κ2) is 5.64. The zero-order valence-electron chi connectivity index (χ0n) is 12.2. The molecule has 0 spiro atoms. The van der Waals surface area contributed by atoms with Gasteiger partial charge in [0, 0.05) is 31.7 Å². The summed E-state index contributed by atoms with van der Waals surface area (Å²) in [5, 5.41) is 3.54. The van der Waals surface area contributed by atoms with Crippen LogP contribution in [0.4, 0.5) is 0 Å². The summed E-state index contributed by atoms with van der Waals surface area (Å²) in [6.45, 7) is 7.90. The summed E-state index contributed by atoms with van der Waals surface area (Å²) in [6.07, 6.45) is 4.35. The minimum Gasteiger partial charge on any atom is -0.310 e. The van der Waals surface area contributed by atoms with Crippen molar-refractivity contribution in [3.05, 3.63) is 35.4 Å². The van der Waals surface area contributed by atoms with Gasteiger partial charge in [-0.05, 0) is 36.3 Å². The minimum absolute atomic E-state index is 0.552. The van der Waals surface area contributed by atoms with Gasteiger partial charge in [-0.1, -0.05) is 38.1 Å². The van der Waals surface area contributed by atoms with Crippen molar-refractivity contribution in [3.8, 4) is 0 Å². The lowest BCUT2D eigenvalue weighted by atomic mass is 10.0. The average molecular weight is 258 g/mol. The fraction of sp³-hybridized carbons (Fsp3) is 0.647. The van der Waals surface area contributed by atoms with E-state index in [0.29, 0.717) is 6.04 Å². The predicted molar refractivity (Wildman–Crippen MR) is 80.0 cm³/mol. The maximum absolute atomic E-state index is 3.54. The zero-order chi connectivity index (χ0) is 13.2. The van der Waals surface area contributed by atoms with Gasteiger partial charge in [0.15, 0.2) is 0 Å². The van der Waals surface area contributed by atoms with Crippen molar-refractivity contribution in [2.45, 2.75) is 58.3 Å². The Bertz CT molecular complexity index is 427. The molecule has 19 heavy (non-hydrogen) atoms. The summed E-state index contributed by atoms with van der Waals surface area (Å²) in [5.74, 6) is 0.992. The standard InChI is InChI=1S/C17H26N2/c1-13(2)18-10-15-5-3-4-6-16(15)12-19-11-14-7-8-17(19)9-14/h3-6,13-14,17-18H,7-12H2,1-2H3. The number of rotatable bonds is 5. The van der Waals surface area contributed by atoms with Crippen LogP contribution in [0.1, 0.15) is 44.2 Å². The van der Waals surface area contributed by atoms with Crippen LogP contribution in [0.5, 0.6) is 0 Å². The van der Waals surface area contributed by atoms with E-state index in [2.05, 4.69) is 48.3 Å². The third-order valence-electron chi connectivity index (χ3n) is 4.72. The number of benzene rings is 1. The summed E-state index contributed by atoms with van der Waals surface area (Å²) in [4.78, 5) is 2.71. The van der Waals surface area contributed by atoms with Gasteiger partial charge in [-0.2, -0.15) is 0 Å². The van der Waals surface area contributed by atoms with Crippen molar-refractivity contribution in [1.82, 2.24) is 10.2 Å². The van der Waals surface area contributed by atoms with Gasteiger partial charge < -0.3 is 5.32 Å². The lowest BCUT2D eigenvalue weighted by Crippen LogP contribution is -2.32. The summed E-state index contributed by atoms with van der Waals surface area (Å²) in [6, 6.07) is 10.4. The third-order valence-corrected chi connectivity index (χ3v) is 4.72. The molecule has 1 aromatic carbocycles. The summed E-state index contributed by atoms with van der Waals surface area (Å²) in [7, 11) is 0. The molecule has 1 aliphatic carbocycles. The Morgan fingerprint density at radius 1 is 1.21 bits per heavy atom. The molecular formula is C17H26N2. The van der Waals surface area contributed by atoms with Gasteiger partial charge in [0.05, 0.1) is 0 Å². The normalized spacial score (nSPS) is 26.5. The maximum atomic E-state index is 3.54. The van der Waals surface area contributed by atoms with E-state index in [1.165, 1.54) is 36.9 Å². The fourth-order valence-corrected chi connectivity index (χ4v) is 3.64. The van der Waals surface area contributed by atoms with Crippen LogP contribution in [0.15, 0.2) is 24.3 Å². The van der Waals surface area contributed by atoms with E-state index < -0.39 is 0 Å². The highest BCUT2D eigenvalue weighted by Crippen LogP contribution is 2.38. The Hall–Kier alpha value is -0.860. The van der Waals surface area contributed by atoms with E-state index in [0.717, 1.165) is 25.0 Å². The molecule has 1 aromatic rings. The van der Waals surface area contributed by atoms with Crippen molar-refractivity contribution < 1.29 is 0 Å². The molecule has 2 fully saturated rings. The van der Waals surface area contributed by atoms with Gasteiger partial charge >= 0.3 is 0 Å². The number of hydrogen-bond donors (Lipinski definition) is 1. The molecular weight excluding hydrogens is 232 g/mol. The highest BCUT2D eigenvalue weighted by Gasteiger charge is 2.37. The van der Waals surface area contributed by atoms with Crippen LogP contribution < -0.4 is 5.32 Å². The van der Waals surface area contributed by atoms with Crippen molar-refractivity contribution in [2.24, 2.45) is 5.92 Å². The van der Waals surface area contributed by atoms with E-state index in [-0.39, 0.29) is 0 Å². The fourth-order valence-electron chi connectivity index (χ4n) is 3.64. The zero-order valence-corrected chi connectivity index (χ0v) is 12.2. The minimum atomic E-state index is 0.552. The van der Waals surface area contributed by atoms with Gasteiger partial charge in [-0.15, -0.1) is 0 Å². The van der Waals surface area contributed by atoms with Crippen LogP contribution in [0.3, 0.4) is 0 Å². The third kappa shape index (κ3) is 3.01. The lowest BCUT2D eigenvalue weighted by molar-refractivity contribution is 0.204. The largest absolute Gasteiger partial charge is 0.310 e. The van der Waals surface area contributed by atoms with E-state index in [4.69, 9.17) is 0 Å². The second-order valence-electron chi connectivity index (χ2n) is 6.57. The molecule has 0 amide bonds. The molecule has 0 aromatic heterocycles. The van der Waals surface area contributed by atoms with Crippen LogP contribution in [0, 0.1) is 5.92 Å². The van der Waals surface area contributed by atoms with Crippen molar-refractivity contribution in [2.75, 3.05) is 6.54 Å².